The van der Waals surface area contributed by atoms with Crippen LogP contribution in [0.4, 0.5) is 5.69 Å². The quantitative estimate of drug-likeness (QED) is 0.568. The van der Waals surface area contributed by atoms with E-state index in [9.17, 15) is 15.4 Å². The second-order valence-electron chi connectivity index (χ2n) is 4.16. The van der Waals surface area contributed by atoms with Crippen molar-refractivity contribution in [2.45, 2.75) is 5.92 Å². The van der Waals surface area contributed by atoms with Gasteiger partial charge in [0.1, 0.15) is 5.92 Å². The Bertz CT molecular complexity index is 736. The molecule has 106 valence electrons. The summed E-state index contributed by atoms with van der Waals surface area (Å²) in [6, 6.07) is 10.9. The number of hydrogen-bond donors (Lipinski definition) is 0. The van der Waals surface area contributed by atoms with Gasteiger partial charge in [0.15, 0.2) is 0 Å². The molecule has 0 fully saturated rings. The van der Waals surface area contributed by atoms with E-state index in [0.717, 1.165) is 0 Å². The second-order valence-corrected chi connectivity index (χ2v) is 5.38. The second kappa shape index (κ2) is 6.31. The van der Waals surface area contributed by atoms with Crippen LogP contribution in [0.25, 0.3) is 0 Å². The maximum Gasteiger partial charge on any atom is 0.270 e. The Balaban J connectivity index is 2.58. The molecule has 0 aliphatic rings. The number of non-ortho nitro benzene ring substituents is 1. The Morgan fingerprint density at radius 1 is 1.10 bits per heavy atom. The molecular weight excluding hydrogens is 335 g/mol. The smallest absolute Gasteiger partial charge is 0.258 e. The van der Waals surface area contributed by atoms with Gasteiger partial charge in [-0.3, -0.25) is 10.1 Å². The fraction of sp³-hybridized carbons (Fsp3) is 0.0714. The zero-order chi connectivity index (χ0) is 15.6. The number of rotatable bonds is 3. The maximum absolute atomic E-state index is 10.7. The highest BCUT2D eigenvalue weighted by atomic mass is 35.5. The molecule has 4 nitrogen and oxygen atoms in total. The van der Waals surface area contributed by atoms with Gasteiger partial charge in [-0.15, -0.1) is 0 Å². The monoisotopic (exact) mass is 340 g/mol. The van der Waals surface area contributed by atoms with E-state index in [1.165, 1.54) is 18.2 Å². The minimum Gasteiger partial charge on any atom is -0.258 e. The van der Waals surface area contributed by atoms with Crippen LogP contribution < -0.4 is 0 Å². The van der Waals surface area contributed by atoms with Crippen LogP contribution in [0.1, 0.15) is 17.0 Å². The van der Waals surface area contributed by atoms with Crippen molar-refractivity contribution < 1.29 is 4.92 Å². The normalized spacial score (nSPS) is 11.7. The average molecular weight is 342 g/mol. The van der Waals surface area contributed by atoms with Gasteiger partial charge in [0.25, 0.3) is 5.69 Å². The number of nitrogens with zero attached hydrogens (tertiary/aromatic N) is 2. The molecule has 7 heteroatoms. The zero-order valence-electron chi connectivity index (χ0n) is 10.4. The number of halogens is 3. The number of nitriles is 1. The van der Waals surface area contributed by atoms with Gasteiger partial charge < -0.3 is 0 Å². The van der Waals surface area contributed by atoms with E-state index in [-0.39, 0.29) is 10.7 Å². The highest BCUT2D eigenvalue weighted by Gasteiger charge is 2.23. The Morgan fingerprint density at radius 3 is 2.19 bits per heavy atom. The first-order chi connectivity index (χ1) is 9.95. The molecule has 0 aliphatic carbocycles. The van der Waals surface area contributed by atoms with E-state index in [1.807, 2.05) is 0 Å². The summed E-state index contributed by atoms with van der Waals surface area (Å²) >= 11 is 18.3. The van der Waals surface area contributed by atoms with E-state index in [2.05, 4.69) is 6.07 Å². The molecule has 0 spiro atoms. The van der Waals surface area contributed by atoms with Crippen molar-refractivity contribution in [2.75, 3.05) is 0 Å². The molecule has 0 radical (unpaired) electrons. The van der Waals surface area contributed by atoms with Gasteiger partial charge in [0.2, 0.25) is 0 Å². The molecule has 2 aromatic rings. The Kier molecular flexibility index (Phi) is 4.69. The van der Waals surface area contributed by atoms with E-state index < -0.39 is 10.8 Å². The molecule has 0 bridgehead atoms. The molecule has 2 aromatic carbocycles. The molecule has 0 aromatic heterocycles. The minimum atomic E-state index is -0.806. The molecule has 0 saturated carbocycles. The molecular formula is C14H7Cl3N2O2. The van der Waals surface area contributed by atoms with Gasteiger partial charge in [0, 0.05) is 27.7 Å². The zero-order valence-corrected chi connectivity index (χ0v) is 12.7. The van der Waals surface area contributed by atoms with Gasteiger partial charge in [-0.25, -0.2) is 0 Å². The summed E-state index contributed by atoms with van der Waals surface area (Å²) in [5.74, 6) is -0.806. The third-order valence-electron chi connectivity index (χ3n) is 2.92. The first-order valence-corrected chi connectivity index (χ1v) is 6.86. The fourth-order valence-electron chi connectivity index (χ4n) is 1.94. The first-order valence-electron chi connectivity index (χ1n) is 5.73. The average Bonchev–Trinajstić information content (AvgIpc) is 2.43. The van der Waals surface area contributed by atoms with E-state index in [1.54, 1.807) is 18.2 Å². The largest absolute Gasteiger partial charge is 0.270 e. The summed E-state index contributed by atoms with van der Waals surface area (Å²) in [6.07, 6.45) is 0. The van der Waals surface area contributed by atoms with Gasteiger partial charge in [0.05, 0.1) is 16.0 Å². The third-order valence-corrected chi connectivity index (χ3v) is 3.91. The number of nitro benzene ring substituents is 1. The standard InChI is InChI=1S/C14H7Cl3N2O2/c15-11-2-1-3-12(16)14(11)10(7-18)9-5-4-8(19(20)21)6-13(9)17/h1-6,10H. The molecule has 0 amide bonds. The predicted molar refractivity (Wildman–Crippen MR) is 82.0 cm³/mol. The Hall–Kier alpha value is -1.80. The molecule has 0 N–H and O–H groups in total. The summed E-state index contributed by atoms with van der Waals surface area (Å²) in [6.45, 7) is 0. The molecule has 1 unspecified atom stereocenters. The predicted octanol–water partition coefficient (Wildman–Crippen LogP) is 5.21. The lowest BCUT2D eigenvalue weighted by molar-refractivity contribution is -0.384. The highest BCUT2D eigenvalue weighted by molar-refractivity contribution is 6.36. The highest BCUT2D eigenvalue weighted by Crippen LogP contribution is 2.38. The summed E-state index contributed by atoms with van der Waals surface area (Å²) in [4.78, 5) is 10.2. The minimum absolute atomic E-state index is 0.117. The van der Waals surface area contributed by atoms with E-state index >= 15 is 0 Å². The third kappa shape index (κ3) is 3.11. The SMILES string of the molecule is N#CC(c1ccc([N+](=O)[O-])cc1Cl)c1c(Cl)cccc1Cl. The number of nitro groups is 1. The summed E-state index contributed by atoms with van der Waals surface area (Å²) in [5, 5.41) is 20.9. The van der Waals surface area contributed by atoms with Gasteiger partial charge in [-0.2, -0.15) is 5.26 Å². The van der Waals surface area contributed by atoms with Crippen molar-refractivity contribution in [3.63, 3.8) is 0 Å². The van der Waals surface area contributed by atoms with Gasteiger partial charge in [-0.1, -0.05) is 40.9 Å². The fourth-order valence-corrected chi connectivity index (χ4v) is 2.84. The van der Waals surface area contributed by atoms with Crippen molar-refractivity contribution in [3.8, 4) is 6.07 Å². The number of benzene rings is 2. The lowest BCUT2D eigenvalue weighted by Crippen LogP contribution is -2.02. The molecule has 0 heterocycles. The molecule has 0 saturated heterocycles. The summed E-state index contributed by atoms with van der Waals surface area (Å²) in [7, 11) is 0. The molecule has 2 rings (SSSR count). The topological polar surface area (TPSA) is 66.9 Å². The van der Waals surface area contributed by atoms with Crippen molar-refractivity contribution in [2.24, 2.45) is 0 Å². The van der Waals surface area contributed by atoms with Crippen LogP contribution in [0.2, 0.25) is 15.1 Å². The van der Waals surface area contributed by atoms with Crippen LogP contribution in [-0.2, 0) is 0 Å². The van der Waals surface area contributed by atoms with E-state index in [0.29, 0.717) is 21.2 Å². The molecule has 0 aliphatic heterocycles. The lowest BCUT2D eigenvalue weighted by Gasteiger charge is -2.14. The van der Waals surface area contributed by atoms with Crippen molar-refractivity contribution in [3.05, 3.63) is 72.7 Å². The van der Waals surface area contributed by atoms with Crippen LogP contribution in [0, 0.1) is 21.4 Å². The maximum atomic E-state index is 10.7. The first kappa shape index (κ1) is 15.6. The van der Waals surface area contributed by atoms with E-state index in [4.69, 9.17) is 34.8 Å². The Morgan fingerprint density at radius 2 is 1.71 bits per heavy atom. The van der Waals surface area contributed by atoms with Crippen LogP contribution in [0.15, 0.2) is 36.4 Å². The summed E-state index contributed by atoms with van der Waals surface area (Å²) < 4.78 is 0. The number of hydrogen-bond acceptors (Lipinski definition) is 3. The molecule has 1 atom stereocenters. The van der Waals surface area contributed by atoms with Gasteiger partial charge in [-0.05, 0) is 23.8 Å². The molecule has 21 heavy (non-hydrogen) atoms. The summed E-state index contributed by atoms with van der Waals surface area (Å²) in [5.41, 5.74) is 0.699. The van der Waals surface area contributed by atoms with Crippen molar-refractivity contribution in [1.82, 2.24) is 0 Å². The van der Waals surface area contributed by atoms with Crippen molar-refractivity contribution >= 4 is 40.5 Å². The lowest BCUT2D eigenvalue weighted by atomic mass is 9.92. The van der Waals surface area contributed by atoms with Crippen LogP contribution in [-0.4, -0.2) is 4.92 Å². The van der Waals surface area contributed by atoms with Crippen LogP contribution in [0.5, 0.6) is 0 Å². The van der Waals surface area contributed by atoms with Gasteiger partial charge >= 0.3 is 0 Å². The Labute approximate surface area is 135 Å². The van der Waals surface area contributed by atoms with Crippen LogP contribution in [0.3, 0.4) is 0 Å². The van der Waals surface area contributed by atoms with Crippen molar-refractivity contribution in [1.29, 1.82) is 5.26 Å². The van der Waals surface area contributed by atoms with Crippen LogP contribution >= 0.6 is 34.8 Å².